The Balaban J connectivity index is 2.26. The third-order valence-electron chi connectivity index (χ3n) is 4.23. The van der Waals surface area contributed by atoms with Gasteiger partial charge in [0, 0.05) is 12.8 Å². The Labute approximate surface area is 112 Å². The van der Waals surface area contributed by atoms with Gasteiger partial charge in [0.1, 0.15) is 5.78 Å². The average Bonchev–Trinajstić information content (AvgIpc) is 2.26. The van der Waals surface area contributed by atoms with E-state index in [2.05, 4.69) is 6.92 Å². The molecule has 0 aromatic rings. The zero-order valence-corrected chi connectivity index (χ0v) is 12.4. The van der Waals surface area contributed by atoms with Crippen molar-refractivity contribution in [3.63, 3.8) is 0 Å². The van der Waals surface area contributed by atoms with Crippen molar-refractivity contribution in [3.8, 4) is 0 Å². The number of ketones is 1. The van der Waals surface area contributed by atoms with Gasteiger partial charge in [0.2, 0.25) is 0 Å². The summed E-state index contributed by atoms with van der Waals surface area (Å²) >= 11 is 0. The van der Waals surface area contributed by atoms with E-state index in [0.29, 0.717) is 11.7 Å². The van der Waals surface area contributed by atoms with E-state index >= 15 is 0 Å². The fourth-order valence-corrected chi connectivity index (χ4v) is 3.10. The predicted octanol–water partition coefficient (Wildman–Crippen LogP) is 4.10. The van der Waals surface area contributed by atoms with Crippen molar-refractivity contribution in [2.75, 3.05) is 0 Å². The van der Waals surface area contributed by atoms with Crippen LogP contribution in [0.2, 0.25) is 0 Å². The van der Waals surface area contributed by atoms with Crippen molar-refractivity contribution >= 4 is 5.78 Å². The van der Waals surface area contributed by atoms with Crippen LogP contribution in [-0.4, -0.2) is 16.5 Å². The van der Waals surface area contributed by atoms with Crippen LogP contribution in [0.25, 0.3) is 0 Å². The Kier molecular flexibility index (Phi) is 6.34. The minimum Gasteiger partial charge on any atom is -0.390 e. The first-order valence-electron chi connectivity index (χ1n) is 7.64. The van der Waals surface area contributed by atoms with Crippen molar-refractivity contribution in [2.45, 2.75) is 84.2 Å². The van der Waals surface area contributed by atoms with Crippen LogP contribution in [0.1, 0.15) is 78.6 Å². The first kappa shape index (κ1) is 15.7. The number of hydrogen-bond donors (Lipinski definition) is 1. The molecule has 1 rings (SSSR count). The lowest BCUT2D eigenvalue weighted by molar-refractivity contribution is -0.121. The van der Waals surface area contributed by atoms with Crippen molar-refractivity contribution in [1.29, 1.82) is 0 Å². The molecule has 106 valence electrons. The van der Waals surface area contributed by atoms with Crippen LogP contribution in [0.4, 0.5) is 0 Å². The van der Waals surface area contributed by atoms with Crippen LogP contribution in [-0.2, 0) is 4.79 Å². The highest BCUT2D eigenvalue weighted by atomic mass is 16.3. The summed E-state index contributed by atoms with van der Waals surface area (Å²) < 4.78 is 0. The lowest BCUT2D eigenvalue weighted by Gasteiger charge is -2.26. The van der Waals surface area contributed by atoms with Crippen LogP contribution >= 0.6 is 0 Å². The monoisotopic (exact) mass is 254 g/mol. The standard InChI is InChI=1S/C16H30O2/c1-4-13(8-6-10-16(2,3)18)11-14-7-5-9-15(17)12-14/h13-14,18H,4-12H2,1-3H3/t13?,14-/m0/s1. The van der Waals surface area contributed by atoms with Gasteiger partial charge in [-0.3, -0.25) is 4.79 Å². The molecule has 1 aliphatic rings. The molecule has 2 nitrogen and oxygen atoms in total. The SMILES string of the molecule is CCC(CCCC(C)(C)O)C[C@@H]1CCCC(=O)C1. The molecule has 0 bridgehead atoms. The molecule has 0 saturated heterocycles. The summed E-state index contributed by atoms with van der Waals surface area (Å²) in [7, 11) is 0. The third kappa shape index (κ3) is 6.53. The molecule has 1 saturated carbocycles. The van der Waals surface area contributed by atoms with E-state index in [1.54, 1.807) is 0 Å². The molecule has 0 heterocycles. The maximum atomic E-state index is 11.5. The van der Waals surface area contributed by atoms with Crippen molar-refractivity contribution in [1.82, 2.24) is 0 Å². The van der Waals surface area contributed by atoms with Crippen LogP contribution in [0.15, 0.2) is 0 Å². The molecular weight excluding hydrogens is 224 g/mol. The lowest BCUT2D eigenvalue weighted by atomic mass is 9.80. The Hall–Kier alpha value is -0.370. The van der Waals surface area contributed by atoms with Gasteiger partial charge < -0.3 is 5.11 Å². The highest BCUT2D eigenvalue weighted by Crippen LogP contribution is 2.31. The maximum absolute atomic E-state index is 11.5. The molecule has 2 atom stereocenters. The number of carbonyl (C=O) groups excluding carboxylic acids is 1. The number of Topliss-reactive ketones (excluding diaryl/α,β-unsaturated/α-hetero) is 1. The molecule has 0 spiro atoms. The van der Waals surface area contributed by atoms with Gasteiger partial charge in [-0.1, -0.05) is 26.2 Å². The number of rotatable bonds is 7. The molecule has 1 N–H and O–H groups in total. The summed E-state index contributed by atoms with van der Waals surface area (Å²) in [6.45, 7) is 6.01. The van der Waals surface area contributed by atoms with Gasteiger partial charge in [0.15, 0.2) is 0 Å². The minimum absolute atomic E-state index is 0.470. The first-order valence-corrected chi connectivity index (χ1v) is 7.64. The summed E-state index contributed by atoms with van der Waals surface area (Å²) in [4.78, 5) is 11.5. The van der Waals surface area contributed by atoms with E-state index in [-0.39, 0.29) is 0 Å². The fourth-order valence-electron chi connectivity index (χ4n) is 3.10. The van der Waals surface area contributed by atoms with E-state index in [1.807, 2.05) is 13.8 Å². The highest BCUT2D eigenvalue weighted by Gasteiger charge is 2.22. The fraction of sp³-hybridized carbons (Fsp3) is 0.938. The second-order valence-corrected chi connectivity index (χ2v) is 6.72. The predicted molar refractivity (Wildman–Crippen MR) is 75.5 cm³/mol. The Morgan fingerprint density at radius 2 is 2.17 bits per heavy atom. The van der Waals surface area contributed by atoms with Crippen molar-refractivity contribution in [2.24, 2.45) is 11.8 Å². The average molecular weight is 254 g/mol. The molecule has 1 fully saturated rings. The quantitative estimate of drug-likeness (QED) is 0.742. The highest BCUT2D eigenvalue weighted by molar-refractivity contribution is 5.79. The van der Waals surface area contributed by atoms with E-state index < -0.39 is 5.60 Å². The van der Waals surface area contributed by atoms with Crippen LogP contribution in [0.3, 0.4) is 0 Å². The number of hydrogen-bond acceptors (Lipinski definition) is 2. The van der Waals surface area contributed by atoms with Crippen LogP contribution in [0.5, 0.6) is 0 Å². The summed E-state index contributed by atoms with van der Waals surface area (Å²) in [6.07, 6.45) is 9.58. The number of carbonyl (C=O) groups is 1. The Morgan fingerprint density at radius 3 is 2.72 bits per heavy atom. The van der Waals surface area contributed by atoms with Gasteiger partial charge in [-0.25, -0.2) is 0 Å². The molecule has 1 aliphatic carbocycles. The van der Waals surface area contributed by atoms with Gasteiger partial charge in [-0.2, -0.15) is 0 Å². The third-order valence-corrected chi connectivity index (χ3v) is 4.23. The first-order chi connectivity index (χ1) is 8.40. The molecule has 18 heavy (non-hydrogen) atoms. The normalized spacial score (nSPS) is 23.1. The molecule has 2 heteroatoms. The van der Waals surface area contributed by atoms with E-state index in [4.69, 9.17) is 0 Å². The molecular formula is C16H30O2. The summed E-state index contributed by atoms with van der Waals surface area (Å²) in [6, 6.07) is 0. The lowest BCUT2D eigenvalue weighted by Crippen LogP contribution is -2.20. The van der Waals surface area contributed by atoms with Crippen LogP contribution in [0, 0.1) is 11.8 Å². The molecule has 0 aromatic carbocycles. The molecule has 0 aliphatic heterocycles. The van der Waals surface area contributed by atoms with E-state index in [9.17, 15) is 9.90 Å². The minimum atomic E-state index is -0.529. The topological polar surface area (TPSA) is 37.3 Å². The molecule has 0 radical (unpaired) electrons. The zero-order valence-electron chi connectivity index (χ0n) is 12.4. The van der Waals surface area contributed by atoms with Gasteiger partial charge >= 0.3 is 0 Å². The van der Waals surface area contributed by atoms with Crippen molar-refractivity contribution in [3.05, 3.63) is 0 Å². The van der Waals surface area contributed by atoms with Gasteiger partial charge in [-0.15, -0.1) is 0 Å². The van der Waals surface area contributed by atoms with Gasteiger partial charge in [0.25, 0.3) is 0 Å². The summed E-state index contributed by atoms with van der Waals surface area (Å²) in [5, 5.41) is 9.71. The van der Waals surface area contributed by atoms with Gasteiger partial charge in [0.05, 0.1) is 5.60 Å². The van der Waals surface area contributed by atoms with Gasteiger partial charge in [-0.05, 0) is 51.4 Å². The second-order valence-electron chi connectivity index (χ2n) is 6.72. The zero-order chi connectivity index (χ0) is 13.6. The summed E-state index contributed by atoms with van der Waals surface area (Å²) in [5.41, 5.74) is -0.529. The maximum Gasteiger partial charge on any atom is 0.133 e. The molecule has 0 aromatic heterocycles. The van der Waals surface area contributed by atoms with E-state index in [1.165, 1.54) is 25.7 Å². The Bertz CT molecular complexity index is 252. The Morgan fingerprint density at radius 1 is 1.44 bits per heavy atom. The molecule has 0 amide bonds. The second kappa shape index (κ2) is 7.28. The number of aliphatic hydroxyl groups is 1. The molecule has 1 unspecified atom stereocenters. The largest absolute Gasteiger partial charge is 0.390 e. The van der Waals surface area contributed by atoms with E-state index in [0.717, 1.165) is 38.0 Å². The van der Waals surface area contributed by atoms with Crippen LogP contribution < -0.4 is 0 Å². The smallest absolute Gasteiger partial charge is 0.133 e. The summed E-state index contributed by atoms with van der Waals surface area (Å²) in [5.74, 6) is 1.85. The van der Waals surface area contributed by atoms with Crippen molar-refractivity contribution < 1.29 is 9.90 Å².